The van der Waals surface area contributed by atoms with Crippen molar-refractivity contribution < 1.29 is 9.26 Å². The molecule has 0 saturated heterocycles. The van der Waals surface area contributed by atoms with Gasteiger partial charge in [0.25, 0.3) is 5.89 Å². The van der Waals surface area contributed by atoms with Gasteiger partial charge in [0.05, 0.1) is 12.3 Å². The zero-order valence-corrected chi connectivity index (χ0v) is 15.5. The van der Waals surface area contributed by atoms with Crippen LogP contribution in [0.4, 0.5) is 0 Å². The first-order valence-corrected chi connectivity index (χ1v) is 8.88. The SMILES string of the molecule is CCOc1ccc(-c2noc(-c3nn(-c4cccc(C)c4)ccc3=O)n2)cc1. The van der Waals surface area contributed by atoms with Crippen molar-refractivity contribution in [2.24, 2.45) is 0 Å². The van der Waals surface area contributed by atoms with Crippen LogP contribution < -0.4 is 10.2 Å². The van der Waals surface area contributed by atoms with Crippen LogP contribution in [0.1, 0.15) is 12.5 Å². The zero-order valence-electron chi connectivity index (χ0n) is 15.5. The maximum absolute atomic E-state index is 12.3. The highest BCUT2D eigenvalue weighted by Gasteiger charge is 2.16. The third-order valence-electron chi connectivity index (χ3n) is 4.13. The van der Waals surface area contributed by atoms with Crippen molar-refractivity contribution in [1.29, 1.82) is 0 Å². The number of hydrogen-bond donors (Lipinski definition) is 0. The first-order valence-electron chi connectivity index (χ1n) is 8.88. The van der Waals surface area contributed by atoms with Gasteiger partial charge in [0.1, 0.15) is 5.75 Å². The highest BCUT2D eigenvalue weighted by molar-refractivity contribution is 5.58. The predicted octanol–water partition coefficient (Wildman–Crippen LogP) is 3.66. The minimum absolute atomic E-state index is 0.0795. The van der Waals surface area contributed by atoms with E-state index in [0.717, 1.165) is 22.6 Å². The van der Waals surface area contributed by atoms with Gasteiger partial charge in [-0.15, -0.1) is 0 Å². The molecular formula is C21H18N4O3. The number of hydrogen-bond acceptors (Lipinski definition) is 6. The molecule has 0 radical (unpaired) electrons. The van der Waals surface area contributed by atoms with E-state index in [1.54, 1.807) is 10.9 Å². The standard InChI is InChI=1S/C21H18N4O3/c1-3-27-17-9-7-15(8-10-17)20-22-21(28-24-20)19-18(26)11-12-25(23-19)16-6-4-5-14(2)13-16/h4-13H,3H2,1-2H3. The molecule has 2 aromatic heterocycles. The Morgan fingerprint density at radius 1 is 1.11 bits per heavy atom. The molecule has 0 aliphatic heterocycles. The molecule has 7 heteroatoms. The normalized spacial score (nSPS) is 10.8. The molecule has 140 valence electrons. The van der Waals surface area contributed by atoms with Crippen LogP contribution in [0.15, 0.2) is 70.1 Å². The highest BCUT2D eigenvalue weighted by atomic mass is 16.5. The molecule has 0 saturated carbocycles. The average molecular weight is 374 g/mol. The fourth-order valence-corrected chi connectivity index (χ4v) is 2.77. The number of rotatable bonds is 5. The minimum atomic E-state index is -0.286. The van der Waals surface area contributed by atoms with Crippen LogP contribution in [0.3, 0.4) is 0 Å². The molecule has 0 spiro atoms. The van der Waals surface area contributed by atoms with Crippen LogP contribution in [0.2, 0.25) is 0 Å². The third-order valence-corrected chi connectivity index (χ3v) is 4.13. The third kappa shape index (κ3) is 3.55. The van der Waals surface area contributed by atoms with Gasteiger partial charge in [-0.1, -0.05) is 17.3 Å². The van der Waals surface area contributed by atoms with Gasteiger partial charge in [0.15, 0.2) is 5.69 Å². The first kappa shape index (κ1) is 17.7. The smallest absolute Gasteiger partial charge is 0.282 e. The molecule has 7 nitrogen and oxygen atoms in total. The number of aryl methyl sites for hydroxylation is 1. The second-order valence-electron chi connectivity index (χ2n) is 6.19. The van der Waals surface area contributed by atoms with Crippen molar-refractivity contribution in [3.05, 3.63) is 76.6 Å². The lowest BCUT2D eigenvalue weighted by Gasteiger charge is -2.06. The summed E-state index contributed by atoms with van der Waals surface area (Å²) in [7, 11) is 0. The topological polar surface area (TPSA) is 83.0 Å². The van der Waals surface area contributed by atoms with E-state index in [1.807, 2.05) is 62.4 Å². The molecule has 0 bridgehead atoms. The summed E-state index contributed by atoms with van der Waals surface area (Å²) in [5.74, 6) is 1.22. The molecule has 2 heterocycles. The fourth-order valence-electron chi connectivity index (χ4n) is 2.77. The van der Waals surface area contributed by atoms with Crippen LogP contribution >= 0.6 is 0 Å². The average Bonchev–Trinajstić information content (AvgIpc) is 3.19. The molecule has 0 aliphatic carbocycles. The van der Waals surface area contributed by atoms with Crippen LogP contribution in [-0.4, -0.2) is 26.5 Å². The second kappa shape index (κ2) is 7.48. The van der Waals surface area contributed by atoms with Gasteiger partial charge in [0.2, 0.25) is 11.3 Å². The van der Waals surface area contributed by atoms with Crippen molar-refractivity contribution in [1.82, 2.24) is 19.9 Å². The summed E-state index contributed by atoms with van der Waals surface area (Å²) >= 11 is 0. The molecule has 0 unspecified atom stereocenters. The maximum Gasteiger partial charge on any atom is 0.282 e. The Kier molecular flexibility index (Phi) is 4.72. The Balaban J connectivity index is 1.68. The van der Waals surface area contributed by atoms with E-state index in [2.05, 4.69) is 15.2 Å². The first-order chi connectivity index (χ1) is 13.6. The minimum Gasteiger partial charge on any atom is -0.494 e. The molecule has 0 amide bonds. The maximum atomic E-state index is 12.3. The summed E-state index contributed by atoms with van der Waals surface area (Å²) in [6, 6.07) is 16.6. The summed E-state index contributed by atoms with van der Waals surface area (Å²) in [5, 5.41) is 8.37. The lowest BCUT2D eigenvalue weighted by Crippen LogP contribution is -2.12. The summed E-state index contributed by atoms with van der Waals surface area (Å²) in [6.07, 6.45) is 1.62. The van der Waals surface area contributed by atoms with Crippen LogP contribution in [0.25, 0.3) is 28.7 Å². The van der Waals surface area contributed by atoms with Crippen molar-refractivity contribution >= 4 is 0 Å². The Hall–Kier alpha value is -3.74. The van der Waals surface area contributed by atoms with Crippen molar-refractivity contribution in [2.75, 3.05) is 6.61 Å². The van der Waals surface area contributed by atoms with Crippen molar-refractivity contribution in [3.8, 4) is 34.4 Å². The summed E-state index contributed by atoms with van der Waals surface area (Å²) in [6.45, 7) is 4.52. The molecule has 0 N–H and O–H groups in total. The number of ether oxygens (including phenoxy) is 1. The molecule has 2 aromatic carbocycles. The molecule has 0 atom stereocenters. The van der Waals surface area contributed by atoms with Crippen molar-refractivity contribution in [3.63, 3.8) is 0 Å². The summed E-state index contributed by atoms with van der Waals surface area (Å²) in [4.78, 5) is 16.7. The van der Waals surface area contributed by atoms with E-state index in [9.17, 15) is 4.79 Å². The molecule has 4 rings (SSSR count). The van der Waals surface area contributed by atoms with Gasteiger partial charge in [-0.2, -0.15) is 10.1 Å². The molecular weight excluding hydrogens is 356 g/mol. The quantitative estimate of drug-likeness (QED) is 0.530. The van der Waals surface area contributed by atoms with E-state index in [-0.39, 0.29) is 17.0 Å². The Morgan fingerprint density at radius 2 is 1.93 bits per heavy atom. The second-order valence-corrected chi connectivity index (χ2v) is 6.19. The predicted molar refractivity (Wildman–Crippen MR) is 104 cm³/mol. The van der Waals surface area contributed by atoms with E-state index in [0.29, 0.717) is 12.4 Å². The molecule has 28 heavy (non-hydrogen) atoms. The van der Waals surface area contributed by atoms with Gasteiger partial charge in [-0.25, -0.2) is 4.68 Å². The number of benzene rings is 2. The van der Waals surface area contributed by atoms with Gasteiger partial charge < -0.3 is 9.26 Å². The molecule has 0 aliphatic rings. The Bertz CT molecular complexity index is 1160. The Morgan fingerprint density at radius 3 is 2.68 bits per heavy atom. The van der Waals surface area contributed by atoms with Crippen LogP contribution in [-0.2, 0) is 0 Å². The van der Waals surface area contributed by atoms with E-state index in [1.165, 1.54) is 6.07 Å². The molecule has 4 aromatic rings. The van der Waals surface area contributed by atoms with E-state index < -0.39 is 0 Å². The van der Waals surface area contributed by atoms with Gasteiger partial charge in [-0.3, -0.25) is 4.79 Å². The fraction of sp³-hybridized carbons (Fsp3) is 0.143. The lowest BCUT2D eigenvalue weighted by molar-refractivity contribution is 0.340. The largest absolute Gasteiger partial charge is 0.494 e. The van der Waals surface area contributed by atoms with Crippen molar-refractivity contribution in [2.45, 2.75) is 13.8 Å². The zero-order chi connectivity index (χ0) is 19.5. The van der Waals surface area contributed by atoms with Gasteiger partial charge >= 0.3 is 0 Å². The van der Waals surface area contributed by atoms with Gasteiger partial charge in [-0.05, 0) is 55.8 Å². The molecule has 0 fully saturated rings. The van der Waals surface area contributed by atoms with Crippen LogP contribution in [0.5, 0.6) is 5.75 Å². The van der Waals surface area contributed by atoms with E-state index in [4.69, 9.17) is 9.26 Å². The number of nitrogens with zero attached hydrogens (tertiary/aromatic N) is 4. The van der Waals surface area contributed by atoms with Crippen LogP contribution in [0, 0.1) is 6.92 Å². The summed E-state index contributed by atoms with van der Waals surface area (Å²) < 4.78 is 12.4. The van der Waals surface area contributed by atoms with E-state index >= 15 is 0 Å². The number of aromatic nitrogens is 4. The lowest BCUT2D eigenvalue weighted by atomic mass is 10.2. The Labute approximate surface area is 161 Å². The van der Waals surface area contributed by atoms with Gasteiger partial charge in [0, 0.05) is 17.8 Å². The summed E-state index contributed by atoms with van der Waals surface area (Å²) in [5.41, 5.74) is 2.51. The highest BCUT2D eigenvalue weighted by Crippen LogP contribution is 2.22. The monoisotopic (exact) mass is 374 g/mol.